The second-order valence-corrected chi connectivity index (χ2v) is 10.3. The van der Waals surface area contributed by atoms with E-state index in [-0.39, 0.29) is 5.82 Å². The van der Waals surface area contributed by atoms with Gasteiger partial charge in [-0.1, -0.05) is 30.3 Å². The van der Waals surface area contributed by atoms with Gasteiger partial charge >= 0.3 is 0 Å². The molecular weight excluding hydrogens is 527 g/mol. The first kappa shape index (κ1) is 27.1. The predicted molar refractivity (Wildman–Crippen MR) is 164 cm³/mol. The maximum atomic E-state index is 13.2. The van der Waals surface area contributed by atoms with Gasteiger partial charge in [0, 0.05) is 30.2 Å². The number of halogens is 1. The standard InChI is InChI=1S/C34H31FN6O/c1-40(2)21-18-24-6-5-7-28(22-24)37-34-36-19-17-30(38-34)33-32(39-31-8-3-4-20-41(31)33)26-11-15-29(16-12-26)42-23-25-9-13-27(35)14-10-25/h3-17,19-20,22H,18,21,23H2,1-2H3,(H,36,37,38). The molecule has 0 aliphatic rings. The first-order chi connectivity index (χ1) is 20.5. The molecule has 0 radical (unpaired) electrons. The highest BCUT2D eigenvalue weighted by atomic mass is 19.1. The predicted octanol–water partition coefficient (Wildman–Crippen LogP) is 7.02. The lowest BCUT2D eigenvalue weighted by atomic mass is 10.1. The number of pyridine rings is 1. The monoisotopic (exact) mass is 558 g/mol. The van der Waals surface area contributed by atoms with Crippen molar-refractivity contribution in [1.29, 1.82) is 0 Å². The van der Waals surface area contributed by atoms with E-state index in [2.05, 4.69) is 41.4 Å². The molecule has 0 aliphatic heterocycles. The highest BCUT2D eigenvalue weighted by molar-refractivity contribution is 5.81. The average molecular weight is 559 g/mol. The molecule has 0 fully saturated rings. The molecule has 3 aromatic carbocycles. The van der Waals surface area contributed by atoms with E-state index in [1.165, 1.54) is 17.7 Å². The summed E-state index contributed by atoms with van der Waals surface area (Å²) < 4.78 is 21.2. The van der Waals surface area contributed by atoms with Gasteiger partial charge in [-0.3, -0.25) is 4.40 Å². The zero-order chi connectivity index (χ0) is 28.9. The van der Waals surface area contributed by atoms with E-state index >= 15 is 0 Å². The van der Waals surface area contributed by atoms with Crippen molar-refractivity contribution in [2.24, 2.45) is 0 Å². The maximum Gasteiger partial charge on any atom is 0.227 e. The van der Waals surface area contributed by atoms with E-state index in [4.69, 9.17) is 14.7 Å². The Bertz CT molecular complexity index is 1800. The molecule has 6 rings (SSSR count). The number of hydrogen-bond donors (Lipinski definition) is 1. The summed E-state index contributed by atoms with van der Waals surface area (Å²) in [5, 5.41) is 3.38. The molecule has 0 amide bonds. The first-order valence-electron chi connectivity index (χ1n) is 13.8. The van der Waals surface area contributed by atoms with Gasteiger partial charge in [-0.05, 0) is 98.4 Å². The number of rotatable bonds is 10. The van der Waals surface area contributed by atoms with Crippen LogP contribution in [0.4, 0.5) is 16.0 Å². The van der Waals surface area contributed by atoms with Crippen LogP contribution in [-0.2, 0) is 13.0 Å². The number of imidazole rings is 1. The van der Waals surface area contributed by atoms with Crippen LogP contribution < -0.4 is 10.1 Å². The molecule has 0 unspecified atom stereocenters. The largest absolute Gasteiger partial charge is 0.489 e. The molecule has 3 aromatic heterocycles. The molecule has 8 heteroatoms. The highest BCUT2D eigenvalue weighted by Crippen LogP contribution is 2.33. The SMILES string of the molecule is CN(C)CCc1cccc(Nc2nccc(-c3c(-c4ccc(OCc5ccc(F)cc5)cc4)nc4ccccn34)n2)c1. The number of nitrogens with zero attached hydrogens (tertiary/aromatic N) is 5. The average Bonchev–Trinajstić information content (AvgIpc) is 3.40. The molecule has 0 spiro atoms. The number of hydrogen-bond acceptors (Lipinski definition) is 6. The van der Waals surface area contributed by atoms with Gasteiger partial charge in [0.1, 0.15) is 23.8 Å². The number of aromatic nitrogens is 4. The normalized spacial score (nSPS) is 11.2. The van der Waals surface area contributed by atoms with Crippen LogP contribution in [0.1, 0.15) is 11.1 Å². The quantitative estimate of drug-likeness (QED) is 0.195. The Morgan fingerprint density at radius 1 is 0.857 bits per heavy atom. The number of fused-ring (bicyclic) bond motifs is 1. The molecular formula is C34H31FN6O. The number of likely N-dealkylation sites (N-methyl/N-ethyl adjacent to an activating group) is 1. The molecule has 210 valence electrons. The van der Waals surface area contributed by atoms with Crippen molar-refractivity contribution in [3.8, 4) is 28.4 Å². The molecule has 6 aromatic rings. The highest BCUT2D eigenvalue weighted by Gasteiger charge is 2.18. The Kier molecular flexibility index (Phi) is 7.87. The topological polar surface area (TPSA) is 67.6 Å². The molecule has 0 atom stereocenters. The third-order valence-corrected chi connectivity index (χ3v) is 6.91. The zero-order valence-electron chi connectivity index (χ0n) is 23.5. The molecule has 0 saturated carbocycles. The lowest BCUT2D eigenvalue weighted by Gasteiger charge is -2.11. The van der Waals surface area contributed by atoms with E-state index in [9.17, 15) is 4.39 Å². The molecule has 3 heterocycles. The van der Waals surface area contributed by atoms with Crippen LogP contribution in [0.25, 0.3) is 28.3 Å². The van der Waals surface area contributed by atoms with Gasteiger partial charge in [0.05, 0.1) is 17.1 Å². The summed E-state index contributed by atoms with van der Waals surface area (Å²) in [6.07, 6.45) is 4.72. The van der Waals surface area contributed by atoms with Crippen molar-refractivity contribution in [3.63, 3.8) is 0 Å². The van der Waals surface area contributed by atoms with E-state index in [0.29, 0.717) is 12.6 Å². The Balaban J connectivity index is 1.27. The van der Waals surface area contributed by atoms with Gasteiger partial charge in [0.2, 0.25) is 5.95 Å². The Labute approximate surface area is 244 Å². The van der Waals surface area contributed by atoms with Crippen LogP contribution in [0.5, 0.6) is 5.75 Å². The number of ether oxygens (including phenoxy) is 1. The van der Waals surface area contributed by atoms with Crippen molar-refractivity contribution in [1.82, 2.24) is 24.3 Å². The van der Waals surface area contributed by atoms with Gasteiger partial charge in [-0.2, -0.15) is 0 Å². The second kappa shape index (κ2) is 12.2. The van der Waals surface area contributed by atoms with Crippen LogP contribution in [0.15, 0.2) is 109 Å². The zero-order valence-corrected chi connectivity index (χ0v) is 23.5. The van der Waals surface area contributed by atoms with E-state index in [0.717, 1.165) is 58.3 Å². The summed E-state index contributed by atoms with van der Waals surface area (Å²) >= 11 is 0. The van der Waals surface area contributed by atoms with Crippen molar-refractivity contribution >= 4 is 17.3 Å². The Hall–Kier alpha value is -5.08. The summed E-state index contributed by atoms with van der Waals surface area (Å²) in [5.41, 5.74) is 7.28. The smallest absolute Gasteiger partial charge is 0.227 e. The summed E-state index contributed by atoms with van der Waals surface area (Å²) in [5.74, 6) is 0.969. The minimum Gasteiger partial charge on any atom is -0.489 e. The van der Waals surface area contributed by atoms with Crippen molar-refractivity contribution in [2.75, 3.05) is 26.0 Å². The fourth-order valence-electron chi connectivity index (χ4n) is 4.74. The van der Waals surface area contributed by atoms with Crippen LogP contribution in [0, 0.1) is 5.82 Å². The van der Waals surface area contributed by atoms with Crippen molar-refractivity contribution < 1.29 is 9.13 Å². The van der Waals surface area contributed by atoms with E-state index in [1.54, 1.807) is 18.3 Å². The lowest BCUT2D eigenvalue weighted by Crippen LogP contribution is -2.15. The number of benzene rings is 3. The van der Waals surface area contributed by atoms with Crippen molar-refractivity contribution in [3.05, 3.63) is 126 Å². The molecule has 7 nitrogen and oxygen atoms in total. The third-order valence-electron chi connectivity index (χ3n) is 6.91. The second-order valence-electron chi connectivity index (χ2n) is 10.3. The molecule has 1 N–H and O–H groups in total. The molecule has 0 saturated heterocycles. The van der Waals surface area contributed by atoms with E-state index < -0.39 is 0 Å². The first-order valence-corrected chi connectivity index (χ1v) is 13.8. The fourth-order valence-corrected chi connectivity index (χ4v) is 4.74. The summed E-state index contributed by atoms with van der Waals surface area (Å²) in [7, 11) is 4.16. The van der Waals surface area contributed by atoms with Gasteiger partial charge in [0.25, 0.3) is 0 Å². The number of anilines is 2. The molecule has 0 aliphatic carbocycles. The maximum absolute atomic E-state index is 13.2. The van der Waals surface area contributed by atoms with Crippen LogP contribution in [0.3, 0.4) is 0 Å². The summed E-state index contributed by atoms with van der Waals surface area (Å²) in [6.45, 7) is 1.34. The third kappa shape index (κ3) is 6.29. The van der Waals surface area contributed by atoms with Gasteiger partial charge < -0.3 is 15.0 Å². The van der Waals surface area contributed by atoms with Gasteiger partial charge in [0.15, 0.2) is 0 Å². The van der Waals surface area contributed by atoms with E-state index in [1.807, 2.05) is 71.3 Å². The minimum atomic E-state index is -0.261. The van der Waals surface area contributed by atoms with Crippen LogP contribution >= 0.6 is 0 Å². The van der Waals surface area contributed by atoms with Gasteiger partial charge in [-0.25, -0.2) is 19.3 Å². The van der Waals surface area contributed by atoms with Crippen LogP contribution in [-0.4, -0.2) is 44.9 Å². The Morgan fingerprint density at radius 3 is 2.50 bits per heavy atom. The summed E-state index contributed by atoms with van der Waals surface area (Å²) in [6, 6.07) is 30.3. The van der Waals surface area contributed by atoms with Gasteiger partial charge in [-0.15, -0.1) is 0 Å². The number of nitrogens with one attached hydrogen (secondary N) is 1. The minimum absolute atomic E-state index is 0.261. The van der Waals surface area contributed by atoms with Crippen molar-refractivity contribution in [2.45, 2.75) is 13.0 Å². The lowest BCUT2D eigenvalue weighted by molar-refractivity contribution is 0.306. The van der Waals surface area contributed by atoms with Crippen LogP contribution in [0.2, 0.25) is 0 Å². The Morgan fingerprint density at radius 2 is 1.69 bits per heavy atom. The molecule has 42 heavy (non-hydrogen) atoms. The fraction of sp³-hybridized carbons (Fsp3) is 0.147. The summed E-state index contributed by atoms with van der Waals surface area (Å²) in [4.78, 5) is 16.5. The molecule has 0 bridgehead atoms.